The average molecular weight is 238 g/mol. The fraction of sp³-hybridized carbons (Fsp3) is 0.929. The van der Waals surface area contributed by atoms with Gasteiger partial charge in [0.2, 0.25) is 5.91 Å². The summed E-state index contributed by atoms with van der Waals surface area (Å²) >= 11 is 0. The number of carbonyl (C=O) groups excluding carboxylic acids is 1. The van der Waals surface area contributed by atoms with E-state index in [1.54, 1.807) is 0 Å². The van der Waals surface area contributed by atoms with Gasteiger partial charge in [-0.25, -0.2) is 0 Å². The second-order valence-electron chi connectivity index (χ2n) is 5.54. The molecule has 1 unspecified atom stereocenters. The maximum atomic E-state index is 12.3. The zero-order valence-electron chi connectivity index (χ0n) is 11.1. The van der Waals surface area contributed by atoms with Gasteiger partial charge in [0, 0.05) is 13.1 Å². The predicted octanol–water partition coefficient (Wildman–Crippen LogP) is 2.17. The number of hydrogen-bond acceptors (Lipinski definition) is 2. The molecule has 1 atom stereocenters. The van der Waals surface area contributed by atoms with Gasteiger partial charge in [0.25, 0.3) is 0 Å². The van der Waals surface area contributed by atoms with E-state index in [1.807, 2.05) is 0 Å². The highest BCUT2D eigenvalue weighted by Gasteiger charge is 2.29. The molecule has 1 saturated heterocycles. The molecule has 0 aromatic heterocycles. The molecular formula is C14H26N2O. The first-order valence-corrected chi connectivity index (χ1v) is 7.33. The Morgan fingerprint density at radius 3 is 2.65 bits per heavy atom. The minimum atomic E-state index is 0.0948. The summed E-state index contributed by atoms with van der Waals surface area (Å²) in [7, 11) is 0. The summed E-state index contributed by atoms with van der Waals surface area (Å²) in [5.41, 5.74) is 0. The Morgan fingerprint density at radius 1 is 1.18 bits per heavy atom. The maximum Gasteiger partial charge on any atom is 0.239 e. The molecule has 3 nitrogen and oxygen atoms in total. The molecule has 1 saturated carbocycles. The fourth-order valence-corrected chi connectivity index (χ4v) is 3.24. The van der Waals surface area contributed by atoms with Crippen molar-refractivity contribution in [1.29, 1.82) is 0 Å². The number of nitrogens with one attached hydrogen (secondary N) is 1. The van der Waals surface area contributed by atoms with Crippen LogP contribution in [-0.2, 0) is 4.79 Å². The number of rotatable bonds is 4. The van der Waals surface area contributed by atoms with Crippen LogP contribution in [0.1, 0.15) is 51.9 Å². The summed E-state index contributed by atoms with van der Waals surface area (Å²) < 4.78 is 0. The molecule has 0 radical (unpaired) electrons. The Hall–Kier alpha value is -0.570. The normalized spacial score (nSPS) is 27.5. The van der Waals surface area contributed by atoms with Crippen LogP contribution >= 0.6 is 0 Å². The third-order valence-electron chi connectivity index (χ3n) is 4.18. The predicted molar refractivity (Wildman–Crippen MR) is 69.9 cm³/mol. The summed E-state index contributed by atoms with van der Waals surface area (Å²) in [5.74, 6) is 1.12. The molecule has 98 valence electrons. The Labute approximate surface area is 105 Å². The zero-order valence-corrected chi connectivity index (χ0v) is 11.1. The van der Waals surface area contributed by atoms with Crippen LogP contribution in [-0.4, -0.2) is 36.5 Å². The summed E-state index contributed by atoms with van der Waals surface area (Å²) in [6.45, 7) is 4.97. The molecule has 2 rings (SSSR count). The van der Waals surface area contributed by atoms with Crippen molar-refractivity contribution in [3.8, 4) is 0 Å². The SMILES string of the molecule is CCNC1CCCN(CC2CCCCC2)C1=O. The molecule has 0 aromatic rings. The van der Waals surface area contributed by atoms with Crippen LogP contribution in [0.25, 0.3) is 0 Å². The van der Waals surface area contributed by atoms with Crippen LogP contribution in [0.5, 0.6) is 0 Å². The van der Waals surface area contributed by atoms with Crippen LogP contribution in [0.15, 0.2) is 0 Å². The van der Waals surface area contributed by atoms with Crippen molar-refractivity contribution in [2.24, 2.45) is 5.92 Å². The number of likely N-dealkylation sites (N-methyl/N-ethyl adjacent to an activating group) is 1. The van der Waals surface area contributed by atoms with Crippen molar-refractivity contribution in [3.05, 3.63) is 0 Å². The van der Waals surface area contributed by atoms with Crippen LogP contribution in [0.2, 0.25) is 0 Å². The Morgan fingerprint density at radius 2 is 1.94 bits per heavy atom. The van der Waals surface area contributed by atoms with Crippen LogP contribution in [0.4, 0.5) is 0 Å². The third kappa shape index (κ3) is 3.44. The number of piperidine rings is 1. The van der Waals surface area contributed by atoms with Crippen molar-refractivity contribution in [1.82, 2.24) is 10.2 Å². The van der Waals surface area contributed by atoms with Crippen molar-refractivity contribution >= 4 is 5.91 Å². The number of likely N-dealkylation sites (tertiary alicyclic amines) is 1. The molecule has 0 bridgehead atoms. The molecular weight excluding hydrogens is 212 g/mol. The highest BCUT2D eigenvalue weighted by molar-refractivity contribution is 5.82. The van der Waals surface area contributed by atoms with Gasteiger partial charge in [-0.1, -0.05) is 26.2 Å². The maximum absolute atomic E-state index is 12.3. The van der Waals surface area contributed by atoms with Crippen molar-refractivity contribution < 1.29 is 4.79 Å². The lowest BCUT2D eigenvalue weighted by Gasteiger charge is -2.36. The molecule has 2 aliphatic rings. The molecule has 1 amide bonds. The summed E-state index contributed by atoms with van der Waals surface area (Å²) in [6.07, 6.45) is 8.96. The van der Waals surface area contributed by atoms with E-state index in [-0.39, 0.29) is 6.04 Å². The van der Waals surface area contributed by atoms with Crippen molar-refractivity contribution in [3.63, 3.8) is 0 Å². The summed E-state index contributed by atoms with van der Waals surface area (Å²) in [6, 6.07) is 0.0948. The van der Waals surface area contributed by atoms with Gasteiger partial charge in [0.1, 0.15) is 0 Å². The minimum absolute atomic E-state index is 0.0948. The van der Waals surface area contributed by atoms with E-state index >= 15 is 0 Å². The molecule has 0 spiro atoms. The highest BCUT2D eigenvalue weighted by atomic mass is 16.2. The lowest BCUT2D eigenvalue weighted by Crippen LogP contribution is -2.51. The van der Waals surface area contributed by atoms with E-state index in [2.05, 4.69) is 17.1 Å². The monoisotopic (exact) mass is 238 g/mol. The van der Waals surface area contributed by atoms with Gasteiger partial charge < -0.3 is 10.2 Å². The van der Waals surface area contributed by atoms with Gasteiger partial charge in [0.15, 0.2) is 0 Å². The summed E-state index contributed by atoms with van der Waals surface area (Å²) in [4.78, 5) is 14.4. The molecule has 1 N–H and O–H groups in total. The second-order valence-corrected chi connectivity index (χ2v) is 5.54. The Balaban J connectivity index is 1.84. The first-order valence-electron chi connectivity index (χ1n) is 7.33. The Bertz CT molecular complexity index is 247. The highest BCUT2D eigenvalue weighted by Crippen LogP contribution is 2.25. The molecule has 0 aromatic carbocycles. The first kappa shape index (κ1) is 12.9. The average Bonchev–Trinajstić information content (AvgIpc) is 2.36. The van der Waals surface area contributed by atoms with Gasteiger partial charge in [-0.3, -0.25) is 4.79 Å². The van der Waals surface area contributed by atoms with Gasteiger partial charge in [0.05, 0.1) is 6.04 Å². The molecule has 17 heavy (non-hydrogen) atoms. The van der Waals surface area contributed by atoms with Crippen molar-refractivity contribution in [2.45, 2.75) is 57.9 Å². The fourth-order valence-electron chi connectivity index (χ4n) is 3.24. The smallest absolute Gasteiger partial charge is 0.239 e. The number of hydrogen-bond donors (Lipinski definition) is 1. The largest absolute Gasteiger partial charge is 0.341 e. The van der Waals surface area contributed by atoms with Gasteiger partial charge in [-0.2, -0.15) is 0 Å². The second kappa shape index (κ2) is 6.39. The standard InChI is InChI=1S/C14H26N2O/c1-2-15-13-9-6-10-16(14(13)17)11-12-7-4-3-5-8-12/h12-13,15H,2-11H2,1H3. The van der Waals surface area contributed by atoms with E-state index in [0.717, 1.165) is 38.4 Å². The van der Waals surface area contributed by atoms with Crippen molar-refractivity contribution in [2.75, 3.05) is 19.6 Å². The number of amides is 1. The third-order valence-corrected chi connectivity index (χ3v) is 4.18. The zero-order chi connectivity index (χ0) is 12.1. The van der Waals surface area contributed by atoms with E-state index in [1.165, 1.54) is 32.1 Å². The number of nitrogens with zero attached hydrogens (tertiary/aromatic N) is 1. The molecule has 3 heteroatoms. The molecule has 1 heterocycles. The topological polar surface area (TPSA) is 32.3 Å². The van der Waals surface area contributed by atoms with E-state index in [4.69, 9.17) is 0 Å². The van der Waals surface area contributed by atoms with E-state index in [0.29, 0.717) is 5.91 Å². The molecule has 1 aliphatic heterocycles. The van der Waals surface area contributed by atoms with E-state index in [9.17, 15) is 4.79 Å². The van der Waals surface area contributed by atoms with Crippen LogP contribution in [0, 0.1) is 5.92 Å². The van der Waals surface area contributed by atoms with Gasteiger partial charge in [-0.05, 0) is 38.1 Å². The number of carbonyl (C=O) groups is 1. The van der Waals surface area contributed by atoms with Gasteiger partial charge >= 0.3 is 0 Å². The van der Waals surface area contributed by atoms with Gasteiger partial charge in [-0.15, -0.1) is 0 Å². The van der Waals surface area contributed by atoms with E-state index < -0.39 is 0 Å². The molecule has 2 fully saturated rings. The van der Waals surface area contributed by atoms with Crippen LogP contribution in [0.3, 0.4) is 0 Å². The first-order chi connectivity index (χ1) is 8.31. The molecule has 1 aliphatic carbocycles. The van der Waals surface area contributed by atoms with Crippen LogP contribution < -0.4 is 5.32 Å². The summed E-state index contributed by atoms with van der Waals surface area (Å²) in [5, 5.41) is 3.31. The quantitative estimate of drug-likeness (QED) is 0.814. The lowest BCUT2D eigenvalue weighted by atomic mass is 9.88. The lowest BCUT2D eigenvalue weighted by molar-refractivity contribution is -0.136. The Kier molecular flexibility index (Phi) is 4.84. The minimum Gasteiger partial charge on any atom is -0.341 e.